The Kier molecular flexibility index (Phi) is 11.5. The largest absolute Gasteiger partial charge is 0.493 e. The Labute approximate surface area is 280 Å². The van der Waals surface area contributed by atoms with Crippen LogP contribution < -0.4 is 20.1 Å². The van der Waals surface area contributed by atoms with E-state index in [4.69, 9.17) is 9.47 Å². The molecule has 0 saturated carbocycles. The molecule has 3 amide bonds. The molecule has 5 rings (SSSR count). The van der Waals surface area contributed by atoms with E-state index in [0.29, 0.717) is 30.3 Å². The number of imidazole rings is 1. The maximum absolute atomic E-state index is 13.5. The number of benzene rings is 3. The number of amides is 3. The first-order chi connectivity index (χ1) is 23.2. The zero-order valence-electron chi connectivity index (χ0n) is 26.7. The molecule has 2 heterocycles. The van der Waals surface area contributed by atoms with Crippen molar-refractivity contribution in [1.82, 2.24) is 25.1 Å². The SMILES string of the molecule is COc1ccc2cc1OCCCN(C(=O)CCS(=O)(=O)c1ccccc1)CC(=O)N[C@@H](Cc1ccccc1)C(=O)NCCn1ccnc1-2. The minimum atomic E-state index is -3.72. The predicted molar refractivity (Wildman–Crippen MR) is 179 cm³/mol. The lowest BCUT2D eigenvalue weighted by Crippen LogP contribution is -2.51. The number of nitrogens with zero attached hydrogens (tertiary/aromatic N) is 3. The molecule has 48 heavy (non-hydrogen) atoms. The van der Waals surface area contributed by atoms with E-state index in [1.165, 1.54) is 24.1 Å². The first-order valence-electron chi connectivity index (χ1n) is 15.7. The molecule has 13 heteroatoms. The highest BCUT2D eigenvalue weighted by molar-refractivity contribution is 7.91. The summed E-state index contributed by atoms with van der Waals surface area (Å²) in [5.41, 5.74) is 1.64. The highest BCUT2D eigenvalue weighted by Gasteiger charge is 2.26. The third kappa shape index (κ3) is 9.00. The molecular weight excluding hydrogens is 634 g/mol. The van der Waals surface area contributed by atoms with Crippen LogP contribution in [0, 0.1) is 0 Å². The first kappa shape index (κ1) is 34.2. The van der Waals surface area contributed by atoms with Crippen LogP contribution in [0.3, 0.4) is 0 Å². The molecule has 0 unspecified atom stereocenters. The quantitative estimate of drug-likeness (QED) is 0.304. The molecule has 1 aromatic heterocycles. The predicted octanol–water partition coefficient (Wildman–Crippen LogP) is 2.88. The Morgan fingerprint density at radius 3 is 2.52 bits per heavy atom. The number of sulfone groups is 1. The smallest absolute Gasteiger partial charge is 0.242 e. The summed E-state index contributed by atoms with van der Waals surface area (Å²) in [4.78, 5) is 46.3. The zero-order valence-corrected chi connectivity index (χ0v) is 27.5. The second-order valence-corrected chi connectivity index (χ2v) is 13.4. The van der Waals surface area contributed by atoms with Crippen molar-refractivity contribution >= 4 is 27.6 Å². The van der Waals surface area contributed by atoms with Crippen LogP contribution in [0.2, 0.25) is 0 Å². The minimum absolute atomic E-state index is 0.111. The summed E-state index contributed by atoms with van der Waals surface area (Å²) in [5, 5.41) is 5.73. The van der Waals surface area contributed by atoms with Crippen molar-refractivity contribution in [1.29, 1.82) is 0 Å². The Morgan fingerprint density at radius 2 is 1.77 bits per heavy atom. The van der Waals surface area contributed by atoms with Crippen molar-refractivity contribution in [3.8, 4) is 22.9 Å². The number of carbonyl (C=O) groups excluding carboxylic acids is 3. The molecule has 0 radical (unpaired) electrons. The van der Waals surface area contributed by atoms with Gasteiger partial charge in [0.15, 0.2) is 21.3 Å². The molecule has 3 aromatic carbocycles. The molecule has 4 aromatic rings. The number of hydrogen-bond acceptors (Lipinski definition) is 8. The van der Waals surface area contributed by atoms with Crippen molar-refractivity contribution in [2.45, 2.75) is 36.7 Å². The van der Waals surface area contributed by atoms with Gasteiger partial charge in [-0.3, -0.25) is 14.4 Å². The van der Waals surface area contributed by atoms with Crippen molar-refractivity contribution in [3.05, 3.63) is 96.8 Å². The number of methoxy groups -OCH3 is 1. The number of rotatable bonds is 7. The first-order valence-corrected chi connectivity index (χ1v) is 17.4. The molecule has 2 bridgehead atoms. The van der Waals surface area contributed by atoms with E-state index in [1.807, 2.05) is 53.2 Å². The molecule has 252 valence electrons. The lowest BCUT2D eigenvalue weighted by atomic mass is 10.1. The van der Waals surface area contributed by atoms with E-state index in [9.17, 15) is 22.8 Å². The van der Waals surface area contributed by atoms with Gasteiger partial charge in [-0.05, 0) is 42.3 Å². The van der Waals surface area contributed by atoms with Crippen LogP contribution in [-0.2, 0) is 37.2 Å². The molecule has 0 spiro atoms. The molecule has 2 N–H and O–H groups in total. The number of hydrogen-bond donors (Lipinski definition) is 2. The summed E-state index contributed by atoms with van der Waals surface area (Å²) in [5.74, 6) is -0.165. The Hall–Kier alpha value is -5.17. The van der Waals surface area contributed by atoms with Crippen molar-refractivity contribution in [2.24, 2.45) is 0 Å². The van der Waals surface area contributed by atoms with Crippen LogP contribution in [-0.4, -0.2) is 85.7 Å². The summed E-state index contributed by atoms with van der Waals surface area (Å²) in [7, 11) is -2.18. The topological polar surface area (TPSA) is 149 Å². The average Bonchev–Trinajstić information content (AvgIpc) is 3.57. The molecular formula is C35H39N5O7S. The fourth-order valence-electron chi connectivity index (χ4n) is 5.43. The summed E-state index contributed by atoms with van der Waals surface area (Å²) >= 11 is 0. The Bertz CT molecular complexity index is 1810. The lowest BCUT2D eigenvalue weighted by Gasteiger charge is -2.25. The monoisotopic (exact) mass is 673 g/mol. The van der Waals surface area contributed by atoms with Gasteiger partial charge in [0.1, 0.15) is 11.9 Å². The molecule has 12 nitrogen and oxygen atoms in total. The van der Waals surface area contributed by atoms with E-state index in [2.05, 4.69) is 15.6 Å². The van der Waals surface area contributed by atoms with Crippen molar-refractivity contribution < 1.29 is 32.3 Å². The standard InChI is InChI=1S/C35H39N5O7S/c1-46-30-14-13-27-24-31(30)47-21-8-18-40(33(42)15-22-48(44,45)28-11-6-3-7-12-28)25-32(41)38-29(23-26-9-4-2-5-10-26)35(43)37-17-20-39-19-16-36-34(27)39/h2-7,9-14,16,19,24,29H,8,15,17-18,20-23,25H2,1H3,(H,37,43)(H,38,41)/t29-/m0/s1. The summed E-state index contributed by atoms with van der Waals surface area (Å²) in [6.07, 6.45) is 3.76. The van der Waals surface area contributed by atoms with Gasteiger partial charge < -0.3 is 29.6 Å². The third-order valence-corrected chi connectivity index (χ3v) is 9.66. The third-order valence-electron chi connectivity index (χ3n) is 7.93. The van der Waals surface area contributed by atoms with Gasteiger partial charge in [0.25, 0.3) is 0 Å². The van der Waals surface area contributed by atoms with Gasteiger partial charge in [0.2, 0.25) is 17.7 Å². The fraction of sp³-hybridized carbons (Fsp3) is 0.314. The van der Waals surface area contributed by atoms with Gasteiger partial charge in [-0.15, -0.1) is 0 Å². The molecule has 0 saturated heterocycles. The maximum atomic E-state index is 13.5. The number of ether oxygens (including phenoxy) is 2. The van der Waals surface area contributed by atoms with Gasteiger partial charge in [-0.2, -0.15) is 0 Å². The van der Waals surface area contributed by atoms with Crippen LogP contribution in [0.5, 0.6) is 11.5 Å². The number of fused-ring (bicyclic) bond motifs is 4. The molecule has 1 aliphatic heterocycles. The van der Waals surface area contributed by atoms with E-state index < -0.39 is 33.4 Å². The van der Waals surface area contributed by atoms with Crippen LogP contribution in [0.1, 0.15) is 18.4 Å². The maximum Gasteiger partial charge on any atom is 0.242 e. The highest BCUT2D eigenvalue weighted by Crippen LogP contribution is 2.32. The van der Waals surface area contributed by atoms with Crippen LogP contribution in [0.25, 0.3) is 11.4 Å². The number of aromatic nitrogens is 2. The van der Waals surface area contributed by atoms with Gasteiger partial charge >= 0.3 is 0 Å². The fourth-order valence-corrected chi connectivity index (χ4v) is 6.68. The van der Waals surface area contributed by atoms with Gasteiger partial charge in [-0.1, -0.05) is 48.5 Å². The molecule has 1 aliphatic rings. The van der Waals surface area contributed by atoms with E-state index in [-0.39, 0.29) is 49.9 Å². The van der Waals surface area contributed by atoms with Gasteiger partial charge in [0, 0.05) is 50.4 Å². The molecule has 1 atom stereocenters. The normalized spacial score (nSPS) is 16.4. The van der Waals surface area contributed by atoms with Crippen molar-refractivity contribution in [2.75, 3.05) is 39.1 Å². The summed E-state index contributed by atoms with van der Waals surface area (Å²) < 4.78 is 39.3. The molecule has 0 fully saturated rings. The van der Waals surface area contributed by atoms with E-state index in [0.717, 1.165) is 11.1 Å². The zero-order chi connectivity index (χ0) is 33.9. The number of carbonyl (C=O) groups is 3. The Balaban J connectivity index is 1.39. The molecule has 0 aliphatic carbocycles. The average molecular weight is 674 g/mol. The summed E-state index contributed by atoms with van der Waals surface area (Å²) in [6.45, 7) is 0.618. The van der Waals surface area contributed by atoms with Crippen LogP contribution >= 0.6 is 0 Å². The van der Waals surface area contributed by atoms with Crippen LogP contribution in [0.15, 0.2) is 96.2 Å². The second-order valence-electron chi connectivity index (χ2n) is 11.3. The summed E-state index contributed by atoms with van der Waals surface area (Å²) in [6, 6.07) is 21.8. The van der Waals surface area contributed by atoms with Gasteiger partial charge in [-0.25, -0.2) is 13.4 Å². The Morgan fingerprint density at radius 1 is 1.02 bits per heavy atom. The highest BCUT2D eigenvalue weighted by atomic mass is 32.2. The van der Waals surface area contributed by atoms with Gasteiger partial charge in [0.05, 0.1) is 30.9 Å². The second kappa shape index (κ2) is 16.1. The van der Waals surface area contributed by atoms with Crippen LogP contribution in [0.4, 0.5) is 0 Å². The minimum Gasteiger partial charge on any atom is -0.493 e. The van der Waals surface area contributed by atoms with E-state index >= 15 is 0 Å². The lowest BCUT2D eigenvalue weighted by molar-refractivity contribution is -0.136. The van der Waals surface area contributed by atoms with E-state index in [1.54, 1.807) is 30.5 Å². The van der Waals surface area contributed by atoms with Crippen molar-refractivity contribution in [3.63, 3.8) is 0 Å². The number of nitrogens with one attached hydrogen (secondary N) is 2.